The van der Waals surface area contributed by atoms with E-state index < -0.39 is 10.0 Å². The van der Waals surface area contributed by atoms with Crippen LogP contribution in [-0.2, 0) is 15.9 Å². The summed E-state index contributed by atoms with van der Waals surface area (Å²) >= 11 is 7.20. The Morgan fingerprint density at radius 1 is 1.38 bits per heavy atom. The Morgan fingerprint density at radius 3 is 2.90 bits per heavy atom. The van der Waals surface area contributed by atoms with Crippen molar-refractivity contribution in [3.05, 3.63) is 16.3 Å². The maximum atomic E-state index is 12.7. The van der Waals surface area contributed by atoms with E-state index in [1.807, 2.05) is 0 Å². The van der Waals surface area contributed by atoms with Crippen LogP contribution in [0.2, 0.25) is 0 Å². The molecule has 2 aliphatic heterocycles. The summed E-state index contributed by atoms with van der Waals surface area (Å²) in [4.78, 5) is 3.71. The fourth-order valence-corrected chi connectivity index (χ4v) is 6.44. The fraction of sp³-hybridized carbons (Fsp3) is 0.714. The van der Waals surface area contributed by atoms with Gasteiger partial charge in [0, 0.05) is 29.4 Å². The maximum absolute atomic E-state index is 12.7. The van der Waals surface area contributed by atoms with Gasteiger partial charge in [-0.05, 0) is 44.8 Å². The molecule has 2 saturated heterocycles. The van der Waals surface area contributed by atoms with Crippen molar-refractivity contribution in [2.75, 3.05) is 26.7 Å². The summed E-state index contributed by atoms with van der Waals surface area (Å²) in [6, 6.07) is 2.26. The zero-order valence-electron chi connectivity index (χ0n) is 12.2. The van der Waals surface area contributed by atoms with Crippen LogP contribution in [0.3, 0.4) is 0 Å². The first-order chi connectivity index (χ1) is 10.0. The molecule has 3 heterocycles. The summed E-state index contributed by atoms with van der Waals surface area (Å²) in [5.41, 5.74) is 0. The summed E-state index contributed by atoms with van der Waals surface area (Å²) < 4.78 is 27.2. The Balaban J connectivity index is 1.78. The van der Waals surface area contributed by atoms with Crippen LogP contribution in [-0.4, -0.2) is 50.3 Å². The number of hydrogen-bond donors (Lipinski definition) is 0. The van der Waals surface area contributed by atoms with E-state index in [1.165, 1.54) is 17.8 Å². The predicted octanol–water partition coefficient (Wildman–Crippen LogP) is 2.59. The smallest absolute Gasteiger partial charge is 0.243 e. The number of sulfonamides is 1. The molecule has 0 amide bonds. The molecular weight excluding hydrogens is 328 g/mol. The molecule has 2 unspecified atom stereocenters. The van der Waals surface area contributed by atoms with Gasteiger partial charge in [0.15, 0.2) is 0 Å². The molecule has 0 radical (unpaired) electrons. The molecule has 21 heavy (non-hydrogen) atoms. The van der Waals surface area contributed by atoms with Crippen LogP contribution in [0.15, 0.2) is 16.3 Å². The Bertz CT molecular complexity index is 602. The van der Waals surface area contributed by atoms with Crippen LogP contribution < -0.4 is 0 Å². The molecule has 1 aromatic heterocycles. The minimum absolute atomic E-state index is 0.371. The zero-order valence-corrected chi connectivity index (χ0v) is 14.6. The fourth-order valence-electron chi connectivity index (χ4n) is 3.55. The Morgan fingerprint density at radius 2 is 2.19 bits per heavy atom. The molecule has 2 atom stereocenters. The molecule has 3 rings (SSSR count). The molecule has 2 fully saturated rings. The number of rotatable bonds is 3. The van der Waals surface area contributed by atoms with E-state index in [2.05, 4.69) is 11.9 Å². The van der Waals surface area contributed by atoms with Crippen molar-refractivity contribution >= 4 is 33.0 Å². The van der Waals surface area contributed by atoms with Gasteiger partial charge in [0.05, 0.1) is 10.8 Å². The summed E-state index contributed by atoms with van der Waals surface area (Å²) in [5, 5.41) is 1.71. The highest BCUT2D eigenvalue weighted by molar-refractivity contribution is 7.89. The first-order valence-corrected chi connectivity index (χ1v) is 10.2. The lowest BCUT2D eigenvalue weighted by atomic mass is 9.85. The third-order valence-corrected chi connectivity index (χ3v) is 8.08. The van der Waals surface area contributed by atoms with Crippen LogP contribution in [0.1, 0.15) is 24.1 Å². The van der Waals surface area contributed by atoms with Crippen LogP contribution in [0.25, 0.3) is 0 Å². The highest BCUT2D eigenvalue weighted by Gasteiger charge is 2.38. The summed E-state index contributed by atoms with van der Waals surface area (Å²) in [6.07, 6.45) is 3.24. The van der Waals surface area contributed by atoms with E-state index in [9.17, 15) is 8.42 Å². The van der Waals surface area contributed by atoms with Crippen molar-refractivity contribution in [1.82, 2.24) is 9.21 Å². The number of alkyl halides is 1. The molecule has 0 aromatic carbocycles. The van der Waals surface area contributed by atoms with Gasteiger partial charge in [-0.3, -0.25) is 0 Å². The van der Waals surface area contributed by atoms with E-state index in [4.69, 9.17) is 11.6 Å². The predicted molar refractivity (Wildman–Crippen MR) is 86.4 cm³/mol. The third kappa shape index (κ3) is 3.01. The van der Waals surface area contributed by atoms with Gasteiger partial charge in [0.2, 0.25) is 10.0 Å². The second-order valence-corrected chi connectivity index (χ2v) is 9.19. The lowest BCUT2D eigenvalue weighted by Crippen LogP contribution is -2.53. The van der Waals surface area contributed by atoms with Crippen molar-refractivity contribution in [1.29, 1.82) is 0 Å². The number of fused-ring (bicyclic) bond motifs is 1. The first-order valence-electron chi connectivity index (χ1n) is 7.36. The summed E-state index contributed by atoms with van der Waals surface area (Å²) in [5.74, 6) is 0.841. The van der Waals surface area contributed by atoms with Gasteiger partial charge in [-0.25, -0.2) is 8.42 Å². The van der Waals surface area contributed by atoms with Gasteiger partial charge in [-0.1, -0.05) is 0 Å². The molecule has 0 spiro atoms. The summed E-state index contributed by atoms with van der Waals surface area (Å²) in [6.45, 7) is 2.42. The van der Waals surface area contributed by atoms with Gasteiger partial charge in [-0.15, -0.1) is 22.9 Å². The van der Waals surface area contributed by atoms with Crippen LogP contribution in [0, 0.1) is 5.92 Å². The van der Waals surface area contributed by atoms with E-state index in [1.54, 1.807) is 15.8 Å². The van der Waals surface area contributed by atoms with Crippen molar-refractivity contribution in [2.24, 2.45) is 5.92 Å². The summed E-state index contributed by atoms with van der Waals surface area (Å²) in [7, 11) is -1.19. The van der Waals surface area contributed by atoms with E-state index in [0.29, 0.717) is 35.8 Å². The minimum atomic E-state index is -3.35. The van der Waals surface area contributed by atoms with Gasteiger partial charge in [0.1, 0.15) is 0 Å². The largest absolute Gasteiger partial charge is 0.303 e. The van der Waals surface area contributed by atoms with Crippen molar-refractivity contribution in [3.63, 3.8) is 0 Å². The Labute approximate surface area is 135 Å². The van der Waals surface area contributed by atoms with Crippen molar-refractivity contribution in [3.8, 4) is 0 Å². The number of nitrogens with zero attached hydrogens (tertiary/aromatic N) is 2. The highest BCUT2D eigenvalue weighted by Crippen LogP contribution is 2.33. The number of likely N-dealkylation sites (tertiary alicyclic amines) is 1. The molecule has 4 nitrogen and oxygen atoms in total. The lowest BCUT2D eigenvalue weighted by Gasteiger charge is -2.45. The minimum Gasteiger partial charge on any atom is -0.303 e. The highest BCUT2D eigenvalue weighted by atomic mass is 35.5. The quantitative estimate of drug-likeness (QED) is 0.788. The lowest BCUT2D eigenvalue weighted by molar-refractivity contribution is 0.0671. The molecule has 2 aliphatic rings. The number of thiophene rings is 1. The molecule has 118 valence electrons. The average Bonchev–Trinajstić information content (AvgIpc) is 2.97. The first kappa shape index (κ1) is 15.7. The number of hydrogen-bond acceptors (Lipinski definition) is 4. The standard InChI is InChI=1S/C14H21ClN2O2S2/c1-16-5-2-3-11-9-17(6-4-14(11)16)21(18,19)13-7-12(8-15)20-10-13/h7,10-11,14H,2-6,8-9H2,1H3. The molecule has 0 N–H and O–H groups in total. The maximum Gasteiger partial charge on any atom is 0.243 e. The van der Waals surface area contributed by atoms with Crippen LogP contribution >= 0.6 is 22.9 Å². The van der Waals surface area contributed by atoms with E-state index in [-0.39, 0.29) is 0 Å². The normalized spacial score (nSPS) is 28.5. The molecule has 0 saturated carbocycles. The Hall–Kier alpha value is -0.140. The Kier molecular flexibility index (Phi) is 4.62. The van der Waals surface area contributed by atoms with Gasteiger partial charge >= 0.3 is 0 Å². The van der Waals surface area contributed by atoms with Gasteiger partial charge in [-0.2, -0.15) is 4.31 Å². The van der Waals surface area contributed by atoms with Gasteiger partial charge in [0.25, 0.3) is 0 Å². The topological polar surface area (TPSA) is 40.6 Å². The molecule has 0 bridgehead atoms. The van der Waals surface area contributed by atoms with Crippen LogP contribution in [0.5, 0.6) is 0 Å². The SMILES string of the molecule is CN1CCCC2CN(S(=O)(=O)c3csc(CCl)c3)CCC21. The molecule has 7 heteroatoms. The molecular formula is C14H21ClN2O2S2. The van der Waals surface area contributed by atoms with Crippen LogP contribution in [0.4, 0.5) is 0 Å². The van der Waals surface area contributed by atoms with Crippen molar-refractivity contribution in [2.45, 2.75) is 36.1 Å². The molecule has 1 aromatic rings. The van der Waals surface area contributed by atoms with E-state index >= 15 is 0 Å². The second kappa shape index (κ2) is 6.16. The number of halogens is 1. The molecule has 0 aliphatic carbocycles. The van der Waals surface area contributed by atoms with E-state index in [0.717, 1.165) is 24.3 Å². The monoisotopic (exact) mass is 348 g/mol. The number of piperidine rings is 2. The zero-order chi connectivity index (χ0) is 15.0. The third-order valence-electron chi connectivity index (χ3n) is 4.71. The average molecular weight is 349 g/mol. The van der Waals surface area contributed by atoms with Gasteiger partial charge < -0.3 is 4.90 Å². The second-order valence-electron chi connectivity index (χ2n) is 5.98. The van der Waals surface area contributed by atoms with Crippen molar-refractivity contribution < 1.29 is 8.42 Å².